The predicted octanol–water partition coefficient (Wildman–Crippen LogP) is 1.72. The third kappa shape index (κ3) is 3.96. The SMILES string of the molecule is Cc1cccc(C(=O)NC(C(=O)N2CCCC2)C2CCNCC2)c1. The summed E-state index contributed by atoms with van der Waals surface area (Å²) < 4.78 is 0. The van der Waals surface area contributed by atoms with Crippen molar-refractivity contribution in [3.05, 3.63) is 35.4 Å². The molecule has 2 amide bonds. The molecule has 1 aromatic rings. The maximum absolute atomic E-state index is 13.0. The van der Waals surface area contributed by atoms with Gasteiger partial charge in [-0.25, -0.2) is 0 Å². The minimum Gasteiger partial charge on any atom is -0.341 e. The van der Waals surface area contributed by atoms with E-state index in [9.17, 15) is 9.59 Å². The molecule has 0 aliphatic carbocycles. The van der Waals surface area contributed by atoms with Crippen molar-refractivity contribution in [3.8, 4) is 0 Å². The van der Waals surface area contributed by atoms with Crippen LogP contribution in [0.2, 0.25) is 0 Å². The predicted molar refractivity (Wildman–Crippen MR) is 93.8 cm³/mol. The summed E-state index contributed by atoms with van der Waals surface area (Å²) in [6, 6.07) is 7.12. The number of benzene rings is 1. The quantitative estimate of drug-likeness (QED) is 0.884. The lowest BCUT2D eigenvalue weighted by atomic mass is 9.89. The van der Waals surface area contributed by atoms with Crippen LogP contribution in [0.1, 0.15) is 41.6 Å². The maximum atomic E-state index is 13.0. The number of hydrogen-bond acceptors (Lipinski definition) is 3. The topological polar surface area (TPSA) is 61.4 Å². The van der Waals surface area contributed by atoms with E-state index in [0.717, 1.165) is 57.4 Å². The number of nitrogens with zero attached hydrogens (tertiary/aromatic N) is 1. The number of carbonyl (C=O) groups is 2. The highest BCUT2D eigenvalue weighted by molar-refractivity contribution is 5.97. The van der Waals surface area contributed by atoms with E-state index in [4.69, 9.17) is 0 Å². The third-order valence-electron chi connectivity index (χ3n) is 5.11. The molecule has 1 atom stereocenters. The van der Waals surface area contributed by atoms with Gasteiger partial charge >= 0.3 is 0 Å². The molecule has 1 unspecified atom stereocenters. The molecule has 2 heterocycles. The molecule has 0 aromatic heterocycles. The fourth-order valence-corrected chi connectivity index (χ4v) is 3.70. The van der Waals surface area contributed by atoms with E-state index in [0.29, 0.717) is 5.56 Å². The largest absolute Gasteiger partial charge is 0.341 e. The molecule has 2 aliphatic heterocycles. The van der Waals surface area contributed by atoms with Gasteiger partial charge < -0.3 is 15.5 Å². The van der Waals surface area contributed by atoms with Gasteiger partial charge in [0.15, 0.2) is 0 Å². The van der Waals surface area contributed by atoms with Crippen molar-refractivity contribution in [1.29, 1.82) is 0 Å². The van der Waals surface area contributed by atoms with Gasteiger partial charge in [0.05, 0.1) is 0 Å². The highest BCUT2D eigenvalue weighted by Gasteiger charge is 2.34. The third-order valence-corrected chi connectivity index (χ3v) is 5.11. The molecule has 0 radical (unpaired) electrons. The minimum absolute atomic E-state index is 0.0976. The zero-order valence-corrected chi connectivity index (χ0v) is 14.4. The van der Waals surface area contributed by atoms with Gasteiger partial charge in [-0.1, -0.05) is 17.7 Å². The van der Waals surface area contributed by atoms with Crippen molar-refractivity contribution in [2.45, 2.75) is 38.6 Å². The van der Waals surface area contributed by atoms with Gasteiger partial charge in [-0.2, -0.15) is 0 Å². The molecule has 5 heteroatoms. The zero-order valence-electron chi connectivity index (χ0n) is 14.4. The van der Waals surface area contributed by atoms with E-state index in [1.54, 1.807) is 0 Å². The molecule has 130 valence electrons. The molecule has 0 bridgehead atoms. The smallest absolute Gasteiger partial charge is 0.251 e. The molecule has 2 N–H and O–H groups in total. The second-order valence-electron chi connectivity index (χ2n) is 6.94. The molecule has 24 heavy (non-hydrogen) atoms. The Kier molecular flexibility index (Phi) is 5.51. The molecular formula is C19H27N3O2. The van der Waals surface area contributed by atoms with Crippen molar-refractivity contribution >= 4 is 11.8 Å². The van der Waals surface area contributed by atoms with Crippen molar-refractivity contribution < 1.29 is 9.59 Å². The van der Waals surface area contributed by atoms with Crippen LogP contribution in [-0.2, 0) is 4.79 Å². The first kappa shape index (κ1) is 17.0. The van der Waals surface area contributed by atoms with E-state index < -0.39 is 6.04 Å². The van der Waals surface area contributed by atoms with E-state index in [-0.39, 0.29) is 17.7 Å². The lowest BCUT2D eigenvalue weighted by molar-refractivity contribution is -0.133. The Hall–Kier alpha value is -1.88. The Morgan fingerprint density at radius 1 is 1.21 bits per heavy atom. The molecular weight excluding hydrogens is 302 g/mol. The average molecular weight is 329 g/mol. The van der Waals surface area contributed by atoms with Gasteiger partial charge in [-0.15, -0.1) is 0 Å². The Bertz CT molecular complexity index is 590. The Balaban J connectivity index is 1.75. The number of piperidine rings is 1. The lowest BCUT2D eigenvalue weighted by Crippen LogP contribution is -2.53. The molecule has 5 nitrogen and oxygen atoms in total. The molecule has 2 aliphatic rings. The van der Waals surface area contributed by atoms with Crippen LogP contribution in [0.5, 0.6) is 0 Å². The fraction of sp³-hybridized carbons (Fsp3) is 0.579. The van der Waals surface area contributed by atoms with Crippen molar-refractivity contribution in [1.82, 2.24) is 15.5 Å². The number of hydrogen-bond donors (Lipinski definition) is 2. The molecule has 2 fully saturated rings. The summed E-state index contributed by atoms with van der Waals surface area (Å²) in [6.45, 7) is 5.43. The molecule has 0 saturated carbocycles. The summed E-state index contributed by atoms with van der Waals surface area (Å²) in [6.07, 6.45) is 3.99. The first-order valence-electron chi connectivity index (χ1n) is 9.02. The summed E-state index contributed by atoms with van der Waals surface area (Å²) in [7, 11) is 0. The van der Waals surface area contributed by atoms with E-state index in [2.05, 4.69) is 10.6 Å². The van der Waals surface area contributed by atoms with Crippen LogP contribution in [0.4, 0.5) is 0 Å². The minimum atomic E-state index is -0.404. The average Bonchev–Trinajstić information content (AvgIpc) is 3.14. The second kappa shape index (κ2) is 7.79. The van der Waals surface area contributed by atoms with Crippen LogP contribution in [0.15, 0.2) is 24.3 Å². The van der Waals surface area contributed by atoms with Gasteiger partial charge in [-0.3, -0.25) is 9.59 Å². The monoisotopic (exact) mass is 329 g/mol. The summed E-state index contributed by atoms with van der Waals surface area (Å²) in [5.41, 5.74) is 1.68. The Morgan fingerprint density at radius 2 is 1.92 bits per heavy atom. The molecule has 2 saturated heterocycles. The van der Waals surface area contributed by atoms with E-state index in [1.807, 2.05) is 36.1 Å². The number of nitrogens with one attached hydrogen (secondary N) is 2. The van der Waals surface area contributed by atoms with Crippen LogP contribution in [-0.4, -0.2) is 48.9 Å². The maximum Gasteiger partial charge on any atom is 0.251 e. The van der Waals surface area contributed by atoms with Gasteiger partial charge in [0, 0.05) is 18.7 Å². The van der Waals surface area contributed by atoms with Gasteiger partial charge in [-0.05, 0) is 63.7 Å². The number of carbonyl (C=O) groups excluding carboxylic acids is 2. The Labute approximate surface area is 143 Å². The molecule has 0 spiro atoms. The van der Waals surface area contributed by atoms with Crippen LogP contribution < -0.4 is 10.6 Å². The highest BCUT2D eigenvalue weighted by atomic mass is 16.2. The standard InChI is InChI=1S/C19H27N3O2/c1-14-5-4-6-16(13-14)18(23)21-17(15-7-9-20-10-8-15)19(24)22-11-2-3-12-22/h4-6,13,15,17,20H,2-3,7-12H2,1H3,(H,21,23). The number of amides is 2. The van der Waals surface area contributed by atoms with Gasteiger partial charge in [0.2, 0.25) is 5.91 Å². The fourth-order valence-electron chi connectivity index (χ4n) is 3.70. The zero-order chi connectivity index (χ0) is 16.9. The van der Waals surface area contributed by atoms with Gasteiger partial charge in [0.1, 0.15) is 6.04 Å². The summed E-state index contributed by atoms with van der Waals surface area (Å²) >= 11 is 0. The normalized spacial score (nSPS) is 20.0. The first-order chi connectivity index (χ1) is 11.6. The van der Waals surface area contributed by atoms with Crippen molar-refractivity contribution in [2.24, 2.45) is 5.92 Å². The van der Waals surface area contributed by atoms with Crippen LogP contribution in [0.3, 0.4) is 0 Å². The van der Waals surface area contributed by atoms with Crippen molar-refractivity contribution in [3.63, 3.8) is 0 Å². The lowest BCUT2D eigenvalue weighted by Gasteiger charge is -2.33. The van der Waals surface area contributed by atoms with Gasteiger partial charge in [0.25, 0.3) is 5.91 Å². The summed E-state index contributed by atoms with van der Waals surface area (Å²) in [5.74, 6) is 0.170. The highest BCUT2D eigenvalue weighted by Crippen LogP contribution is 2.21. The number of rotatable bonds is 4. The van der Waals surface area contributed by atoms with E-state index in [1.165, 1.54) is 0 Å². The van der Waals surface area contributed by atoms with Crippen LogP contribution >= 0.6 is 0 Å². The first-order valence-corrected chi connectivity index (χ1v) is 9.02. The van der Waals surface area contributed by atoms with Crippen molar-refractivity contribution in [2.75, 3.05) is 26.2 Å². The van der Waals surface area contributed by atoms with Crippen LogP contribution in [0.25, 0.3) is 0 Å². The van der Waals surface area contributed by atoms with E-state index >= 15 is 0 Å². The number of likely N-dealkylation sites (tertiary alicyclic amines) is 1. The summed E-state index contributed by atoms with van der Waals surface area (Å²) in [5, 5.41) is 6.38. The molecule has 1 aromatic carbocycles. The van der Waals surface area contributed by atoms with Crippen LogP contribution in [0, 0.1) is 12.8 Å². The number of aryl methyl sites for hydroxylation is 1. The Morgan fingerprint density at radius 3 is 2.58 bits per heavy atom. The second-order valence-corrected chi connectivity index (χ2v) is 6.94. The molecule has 3 rings (SSSR count). The summed E-state index contributed by atoms with van der Waals surface area (Å²) in [4.78, 5) is 27.6.